The van der Waals surface area contributed by atoms with Gasteiger partial charge in [0.2, 0.25) is 0 Å². The van der Waals surface area contributed by atoms with Crippen molar-refractivity contribution in [3.63, 3.8) is 0 Å². The SMILES string of the molecule is O=C(NC1CCC(C(=O)O)C1)c1c(F)cccc1F. The molecule has 19 heavy (non-hydrogen) atoms. The van der Waals surface area contributed by atoms with Crippen molar-refractivity contribution in [2.75, 3.05) is 0 Å². The molecule has 2 atom stereocenters. The number of hydrogen-bond acceptors (Lipinski definition) is 2. The van der Waals surface area contributed by atoms with Crippen LogP contribution in [0.3, 0.4) is 0 Å². The zero-order valence-corrected chi connectivity index (χ0v) is 10.0. The Bertz CT molecular complexity index is 498. The minimum absolute atomic E-state index is 0.289. The lowest BCUT2D eigenvalue weighted by Gasteiger charge is -2.13. The predicted molar refractivity (Wildman–Crippen MR) is 62.6 cm³/mol. The molecule has 0 spiro atoms. The van der Waals surface area contributed by atoms with Crippen LogP contribution in [0.1, 0.15) is 29.6 Å². The molecule has 6 heteroatoms. The highest BCUT2D eigenvalue weighted by molar-refractivity contribution is 5.95. The first-order valence-corrected chi connectivity index (χ1v) is 5.96. The third-order valence-corrected chi connectivity index (χ3v) is 3.31. The topological polar surface area (TPSA) is 66.4 Å². The van der Waals surface area contributed by atoms with Crippen LogP contribution in [0.25, 0.3) is 0 Å². The van der Waals surface area contributed by atoms with Crippen LogP contribution in [0, 0.1) is 17.6 Å². The van der Waals surface area contributed by atoms with Crippen molar-refractivity contribution in [1.29, 1.82) is 0 Å². The van der Waals surface area contributed by atoms with Crippen molar-refractivity contribution in [3.8, 4) is 0 Å². The van der Waals surface area contributed by atoms with Crippen LogP contribution in [-0.2, 0) is 4.79 Å². The first kappa shape index (κ1) is 13.5. The molecule has 0 heterocycles. The van der Waals surface area contributed by atoms with Crippen LogP contribution in [0.4, 0.5) is 8.78 Å². The van der Waals surface area contributed by atoms with Gasteiger partial charge in [0, 0.05) is 6.04 Å². The Balaban J connectivity index is 2.05. The molecule has 1 aliphatic rings. The number of nitrogens with one attached hydrogen (secondary N) is 1. The summed E-state index contributed by atoms with van der Waals surface area (Å²) < 4.78 is 26.8. The van der Waals surface area contributed by atoms with Gasteiger partial charge >= 0.3 is 5.97 Å². The molecule has 0 aromatic heterocycles. The fourth-order valence-electron chi connectivity index (χ4n) is 2.31. The molecule has 1 saturated carbocycles. The van der Waals surface area contributed by atoms with Gasteiger partial charge in [0.1, 0.15) is 17.2 Å². The Kier molecular flexibility index (Phi) is 3.78. The molecule has 2 N–H and O–H groups in total. The maximum absolute atomic E-state index is 13.4. The van der Waals surface area contributed by atoms with Gasteiger partial charge in [-0.05, 0) is 31.4 Å². The second-order valence-corrected chi connectivity index (χ2v) is 4.62. The Hall–Kier alpha value is -1.98. The van der Waals surface area contributed by atoms with E-state index in [-0.39, 0.29) is 12.5 Å². The lowest BCUT2D eigenvalue weighted by atomic mass is 10.1. The van der Waals surface area contributed by atoms with E-state index < -0.39 is 35.0 Å². The molecule has 1 fully saturated rings. The van der Waals surface area contributed by atoms with E-state index in [0.29, 0.717) is 12.8 Å². The summed E-state index contributed by atoms with van der Waals surface area (Å²) in [6.45, 7) is 0. The van der Waals surface area contributed by atoms with Gasteiger partial charge in [-0.2, -0.15) is 0 Å². The number of carbonyl (C=O) groups excluding carboxylic acids is 1. The summed E-state index contributed by atoms with van der Waals surface area (Å²) in [5.41, 5.74) is -0.624. The highest BCUT2D eigenvalue weighted by atomic mass is 19.1. The van der Waals surface area contributed by atoms with Gasteiger partial charge in [0.15, 0.2) is 0 Å². The summed E-state index contributed by atoms with van der Waals surface area (Å²) in [4.78, 5) is 22.6. The number of benzene rings is 1. The summed E-state index contributed by atoms with van der Waals surface area (Å²) in [6, 6.07) is 2.84. The molecule has 1 aromatic carbocycles. The first-order chi connectivity index (χ1) is 8.99. The van der Waals surface area contributed by atoms with Crippen LogP contribution in [-0.4, -0.2) is 23.0 Å². The van der Waals surface area contributed by atoms with Crippen LogP contribution < -0.4 is 5.32 Å². The van der Waals surface area contributed by atoms with Crippen molar-refractivity contribution < 1.29 is 23.5 Å². The van der Waals surface area contributed by atoms with E-state index in [0.717, 1.165) is 12.1 Å². The number of halogens is 2. The fourth-order valence-corrected chi connectivity index (χ4v) is 2.31. The van der Waals surface area contributed by atoms with E-state index in [1.54, 1.807) is 0 Å². The third-order valence-electron chi connectivity index (χ3n) is 3.31. The predicted octanol–water partition coefficient (Wildman–Crippen LogP) is 1.95. The number of amides is 1. The van der Waals surface area contributed by atoms with Crippen LogP contribution >= 0.6 is 0 Å². The molecule has 1 amide bonds. The van der Waals surface area contributed by atoms with Gasteiger partial charge < -0.3 is 10.4 Å². The Morgan fingerprint density at radius 2 is 1.84 bits per heavy atom. The number of carboxylic acids is 1. The van der Waals surface area contributed by atoms with E-state index in [1.165, 1.54) is 6.07 Å². The Labute approximate surface area is 108 Å². The van der Waals surface area contributed by atoms with Crippen molar-refractivity contribution in [1.82, 2.24) is 5.32 Å². The molecule has 1 aromatic rings. The summed E-state index contributed by atoms with van der Waals surface area (Å²) >= 11 is 0. The molecule has 0 aliphatic heterocycles. The van der Waals surface area contributed by atoms with Crippen molar-refractivity contribution in [2.45, 2.75) is 25.3 Å². The summed E-state index contributed by atoms with van der Waals surface area (Å²) in [6.07, 6.45) is 1.25. The number of carboxylic acid groups (broad SMARTS) is 1. The normalized spacial score (nSPS) is 22.2. The van der Waals surface area contributed by atoms with E-state index in [9.17, 15) is 18.4 Å². The second-order valence-electron chi connectivity index (χ2n) is 4.62. The Morgan fingerprint density at radius 3 is 2.37 bits per heavy atom. The molecule has 0 saturated heterocycles. The van der Waals surface area contributed by atoms with Crippen molar-refractivity contribution in [2.24, 2.45) is 5.92 Å². The highest BCUT2D eigenvalue weighted by Crippen LogP contribution is 2.26. The van der Waals surface area contributed by atoms with Gasteiger partial charge in [-0.25, -0.2) is 8.78 Å². The summed E-state index contributed by atoms with van der Waals surface area (Å²) in [5.74, 6) is -4.10. The molecule has 0 radical (unpaired) electrons. The quantitative estimate of drug-likeness (QED) is 0.881. The summed E-state index contributed by atoms with van der Waals surface area (Å²) in [5, 5.41) is 11.3. The largest absolute Gasteiger partial charge is 0.481 e. The molecular weight excluding hydrogens is 256 g/mol. The minimum Gasteiger partial charge on any atom is -0.481 e. The molecule has 1 aliphatic carbocycles. The van der Waals surface area contributed by atoms with Gasteiger partial charge in [-0.15, -0.1) is 0 Å². The van der Waals surface area contributed by atoms with Crippen LogP contribution in [0.5, 0.6) is 0 Å². The molecular formula is C13H13F2NO3. The maximum atomic E-state index is 13.4. The number of carbonyl (C=O) groups is 2. The van der Waals surface area contributed by atoms with Crippen molar-refractivity contribution >= 4 is 11.9 Å². The molecule has 0 bridgehead atoms. The van der Waals surface area contributed by atoms with Crippen molar-refractivity contribution in [3.05, 3.63) is 35.4 Å². The molecule has 2 rings (SSSR count). The number of rotatable bonds is 3. The fraction of sp³-hybridized carbons (Fsp3) is 0.385. The average molecular weight is 269 g/mol. The second kappa shape index (κ2) is 5.34. The van der Waals surface area contributed by atoms with E-state index in [1.807, 2.05) is 0 Å². The van der Waals surface area contributed by atoms with E-state index in [4.69, 9.17) is 5.11 Å². The Morgan fingerprint density at radius 1 is 1.21 bits per heavy atom. The lowest BCUT2D eigenvalue weighted by molar-refractivity contribution is -0.141. The average Bonchev–Trinajstić information content (AvgIpc) is 2.77. The monoisotopic (exact) mass is 269 g/mol. The first-order valence-electron chi connectivity index (χ1n) is 5.96. The molecule has 2 unspecified atom stereocenters. The summed E-state index contributed by atoms with van der Waals surface area (Å²) in [7, 11) is 0. The lowest BCUT2D eigenvalue weighted by Crippen LogP contribution is -2.34. The van der Waals surface area contributed by atoms with E-state index >= 15 is 0 Å². The molecule has 4 nitrogen and oxygen atoms in total. The zero-order valence-electron chi connectivity index (χ0n) is 10.0. The smallest absolute Gasteiger partial charge is 0.306 e. The zero-order chi connectivity index (χ0) is 14.0. The van der Waals surface area contributed by atoms with Crippen LogP contribution in [0.2, 0.25) is 0 Å². The van der Waals surface area contributed by atoms with Gasteiger partial charge in [0.25, 0.3) is 5.91 Å². The third kappa shape index (κ3) is 2.89. The van der Waals surface area contributed by atoms with Crippen LogP contribution in [0.15, 0.2) is 18.2 Å². The minimum atomic E-state index is -0.926. The highest BCUT2D eigenvalue weighted by Gasteiger charge is 2.31. The van der Waals surface area contributed by atoms with Gasteiger partial charge in [0.05, 0.1) is 5.92 Å². The number of hydrogen-bond donors (Lipinski definition) is 2. The standard InChI is InChI=1S/C13H13F2NO3/c14-9-2-1-3-10(15)11(9)12(17)16-8-5-4-7(6-8)13(18)19/h1-3,7-8H,4-6H2,(H,16,17)(H,18,19). The number of aliphatic carboxylic acids is 1. The van der Waals surface area contributed by atoms with E-state index in [2.05, 4.69) is 5.32 Å². The van der Waals surface area contributed by atoms with Gasteiger partial charge in [-0.1, -0.05) is 6.07 Å². The maximum Gasteiger partial charge on any atom is 0.306 e. The molecule has 102 valence electrons. The van der Waals surface area contributed by atoms with Gasteiger partial charge in [-0.3, -0.25) is 9.59 Å².